The number of H-pyrrole nitrogens is 1. The zero-order chi connectivity index (χ0) is 25.3. The van der Waals surface area contributed by atoms with E-state index in [-0.39, 0.29) is 11.5 Å². The third-order valence-corrected chi connectivity index (χ3v) is 6.27. The Morgan fingerprint density at radius 2 is 1.86 bits per heavy atom. The molecule has 4 aromatic rings. The van der Waals surface area contributed by atoms with Crippen LogP contribution in [-0.2, 0) is 22.3 Å². The van der Waals surface area contributed by atoms with Gasteiger partial charge in [0.05, 0.1) is 34.6 Å². The number of nitrogens with one attached hydrogen (secondary N) is 2. The van der Waals surface area contributed by atoms with Crippen LogP contribution in [0.5, 0.6) is 0 Å². The van der Waals surface area contributed by atoms with Crippen molar-refractivity contribution in [3.63, 3.8) is 0 Å². The minimum absolute atomic E-state index is 0.162. The van der Waals surface area contributed by atoms with E-state index in [4.69, 9.17) is 14.8 Å². The van der Waals surface area contributed by atoms with Crippen LogP contribution in [0.2, 0.25) is 0 Å². The molecule has 0 aliphatic rings. The maximum absolute atomic E-state index is 12.7. The van der Waals surface area contributed by atoms with Gasteiger partial charge in [-0.3, -0.25) is 9.36 Å². The van der Waals surface area contributed by atoms with Crippen LogP contribution in [0.3, 0.4) is 0 Å². The molecule has 2 heterocycles. The molecule has 0 saturated carbocycles. The summed E-state index contributed by atoms with van der Waals surface area (Å²) < 4.78 is 13.3. The first-order chi connectivity index (χ1) is 16.5. The zero-order valence-electron chi connectivity index (χ0n) is 19.2. The van der Waals surface area contributed by atoms with Crippen LogP contribution in [0.25, 0.3) is 22.1 Å². The van der Waals surface area contributed by atoms with Crippen molar-refractivity contribution in [3.8, 4) is 0 Å². The Labute approximate surface area is 200 Å². The highest BCUT2D eigenvalue weighted by molar-refractivity contribution is 7.51. The van der Waals surface area contributed by atoms with E-state index in [2.05, 4.69) is 29.1 Å². The van der Waals surface area contributed by atoms with Gasteiger partial charge in [0.1, 0.15) is 17.7 Å². The van der Waals surface area contributed by atoms with E-state index in [1.807, 2.05) is 28.8 Å². The molecule has 0 fully saturated rings. The minimum Gasteiger partial charge on any atom is -0.480 e. The predicted octanol–water partition coefficient (Wildman–Crippen LogP) is 2.52. The van der Waals surface area contributed by atoms with Crippen LogP contribution >= 0.6 is 7.60 Å². The normalized spacial score (nSPS) is 12.9. The average molecular weight is 499 g/mol. The van der Waals surface area contributed by atoms with E-state index in [0.29, 0.717) is 24.0 Å². The summed E-state index contributed by atoms with van der Waals surface area (Å²) in [5, 5.41) is 11.5. The summed E-state index contributed by atoms with van der Waals surface area (Å²) in [5.74, 6) is -0.481. The first kappa shape index (κ1) is 24.6. The number of aromatic amines is 1. The number of hydrogen-bond acceptors (Lipinski definition) is 5. The molecule has 4 rings (SSSR count). The number of aromatic nitrogens is 4. The highest BCUT2D eigenvalue weighted by Gasteiger charge is 2.29. The molecule has 11 nitrogen and oxygen atoms in total. The number of carboxylic acids is 1. The quantitative estimate of drug-likeness (QED) is 0.219. The smallest absolute Gasteiger partial charge is 0.328 e. The predicted molar refractivity (Wildman–Crippen MR) is 129 cm³/mol. The lowest BCUT2D eigenvalue weighted by atomic mass is 10.1. The molecular formula is C23H26N5O6P. The number of nitrogens with zero attached hydrogens (tertiary/aromatic N) is 3. The van der Waals surface area contributed by atoms with Crippen molar-refractivity contribution in [1.82, 2.24) is 24.8 Å². The number of rotatable bonds is 9. The number of benzene rings is 2. The molecule has 2 aromatic carbocycles. The van der Waals surface area contributed by atoms with Gasteiger partial charge in [-0.2, -0.15) is 0 Å². The first-order valence-corrected chi connectivity index (χ1v) is 12.8. The number of carbonyl (C=O) groups is 2. The second kappa shape index (κ2) is 9.61. The maximum Gasteiger partial charge on any atom is 0.328 e. The standard InChI is InChI=1S/C23H26N5O6P/c1-13(2)11-28-19-9-14(22(29)27-18(23(30)31)12-35(32,33)34)7-8-17(19)26-21(28)10-20-24-15-5-3-4-6-16(15)25-20/h3-9,13,18H,10-12H2,1-2H3,(H,24,25)(H,27,29)(H,30,31)(H2,32,33,34). The molecule has 184 valence electrons. The Hall–Kier alpha value is -3.53. The van der Waals surface area contributed by atoms with Gasteiger partial charge < -0.3 is 29.8 Å². The van der Waals surface area contributed by atoms with Gasteiger partial charge in [-0.05, 0) is 36.2 Å². The van der Waals surface area contributed by atoms with Crippen LogP contribution < -0.4 is 5.32 Å². The minimum atomic E-state index is -4.65. The maximum atomic E-state index is 12.7. The Kier molecular flexibility index (Phi) is 6.75. The van der Waals surface area contributed by atoms with Crippen molar-refractivity contribution in [2.45, 2.75) is 32.9 Å². The van der Waals surface area contributed by atoms with Gasteiger partial charge in [0, 0.05) is 12.1 Å². The van der Waals surface area contributed by atoms with Crippen LogP contribution in [0, 0.1) is 5.92 Å². The molecule has 0 aliphatic carbocycles. The summed E-state index contributed by atoms with van der Waals surface area (Å²) in [6.45, 7) is 4.76. The molecule has 1 atom stereocenters. The van der Waals surface area contributed by atoms with Gasteiger partial charge in [0.2, 0.25) is 0 Å². The summed E-state index contributed by atoms with van der Waals surface area (Å²) in [7, 11) is -4.65. The average Bonchev–Trinajstić information content (AvgIpc) is 3.32. The van der Waals surface area contributed by atoms with Gasteiger partial charge in [0.25, 0.3) is 5.91 Å². The largest absolute Gasteiger partial charge is 0.480 e. The second-order valence-electron chi connectivity index (χ2n) is 8.82. The fourth-order valence-electron chi connectivity index (χ4n) is 3.92. The lowest BCUT2D eigenvalue weighted by Crippen LogP contribution is -2.43. The topological polar surface area (TPSA) is 170 Å². The molecular weight excluding hydrogens is 473 g/mol. The molecule has 0 spiro atoms. The fraction of sp³-hybridized carbons (Fsp3) is 0.304. The van der Waals surface area contributed by atoms with Crippen LogP contribution in [0.1, 0.15) is 35.9 Å². The van der Waals surface area contributed by atoms with E-state index >= 15 is 0 Å². The van der Waals surface area contributed by atoms with E-state index in [9.17, 15) is 19.3 Å². The summed E-state index contributed by atoms with van der Waals surface area (Å²) >= 11 is 0. The molecule has 12 heteroatoms. The van der Waals surface area contributed by atoms with E-state index in [0.717, 1.165) is 22.7 Å². The zero-order valence-corrected chi connectivity index (χ0v) is 20.1. The molecule has 1 amide bonds. The number of para-hydroxylation sites is 2. The highest BCUT2D eigenvalue weighted by Crippen LogP contribution is 2.35. The third-order valence-electron chi connectivity index (χ3n) is 5.43. The van der Waals surface area contributed by atoms with Crippen molar-refractivity contribution < 1.29 is 29.0 Å². The molecule has 1 unspecified atom stereocenters. The van der Waals surface area contributed by atoms with Crippen LogP contribution in [0.4, 0.5) is 0 Å². The van der Waals surface area contributed by atoms with Gasteiger partial charge in [-0.1, -0.05) is 26.0 Å². The lowest BCUT2D eigenvalue weighted by molar-refractivity contribution is -0.138. The Balaban J connectivity index is 1.67. The van der Waals surface area contributed by atoms with Crippen molar-refractivity contribution >= 4 is 41.5 Å². The Bertz CT molecular complexity index is 1420. The van der Waals surface area contributed by atoms with E-state index in [1.54, 1.807) is 12.1 Å². The molecule has 5 N–H and O–H groups in total. The molecule has 0 radical (unpaired) electrons. The Morgan fingerprint density at radius 3 is 2.51 bits per heavy atom. The number of hydrogen-bond donors (Lipinski definition) is 5. The fourth-order valence-corrected chi connectivity index (χ4v) is 4.64. The third kappa shape index (κ3) is 5.76. The number of carboxylic acid groups (broad SMARTS) is 1. The molecule has 2 aromatic heterocycles. The van der Waals surface area contributed by atoms with Crippen molar-refractivity contribution in [2.75, 3.05) is 6.16 Å². The SMILES string of the molecule is CC(C)Cn1c(Cc2nc3ccccc3[nH]2)nc2ccc(C(=O)NC(CP(=O)(O)O)C(=O)O)cc21. The number of fused-ring (bicyclic) bond motifs is 2. The van der Waals surface area contributed by atoms with Gasteiger partial charge in [-0.15, -0.1) is 0 Å². The van der Waals surface area contributed by atoms with Crippen LogP contribution in [0.15, 0.2) is 42.5 Å². The van der Waals surface area contributed by atoms with E-state index < -0.39 is 31.7 Å². The number of carbonyl (C=O) groups excluding carboxylic acids is 1. The first-order valence-electron chi connectivity index (χ1n) is 11.0. The van der Waals surface area contributed by atoms with Gasteiger partial charge in [0.15, 0.2) is 0 Å². The molecule has 0 bridgehead atoms. The van der Waals surface area contributed by atoms with Crippen molar-refractivity contribution in [3.05, 3.63) is 59.7 Å². The van der Waals surface area contributed by atoms with Gasteiger partial charge >= 0.3 is 13.6 Å². The highest BCUT2D eigenvalue weighted by atomic mass is 31.2. The van der Waals surface area contributed by atoms with Crippen LogP contribution in [-0.4, -0.2) is 58.5 Å². The van der Waals surface area contributed by atoms with Crippen molar-refractivity contribution in [1.29, 1.82) is 0 Å². The van der Waals surface area contributed by atoms with E-state index in [1.165, 1.54) is 6.07 Å². The summed E-state index contributed by atoms with van der Waals surface area (Å²) in [5.41, 5.74) is 3.31. The molecule has 0 aliphatic heterocycles. The monoisotopic (exact) mass is 499 g/mol. The number of imidazole rings is 2. The molecule has 35 heavy (non-hydrogen) atoms. The lowest BCUT2D eigenvalue weighted by Gasteiger charge is -2.15. The van der Waals surface area contributed by atoms with Crippen molar-refractivity contribution in [2.24, 2.45) is 5.92 Å². The Morgan fingerprint density at radius 1 is 1.11 bits per heavy atom. The number of aliphatic carboxylic acids is 1. The van der Waals surface area contributed by atoms with Gasteiger partial charge in [-0.25, -0.2) is 14.8 Å². The summed E-state index contributed by atoms with van der Waals surface area (Å²) in [6.07, 6.45) is -0.551. The summed E-state index contributed by atoms with van der Waals surface area (Å²) in [4.78, 5) is 55.1. The summed E-state index contributed by atoms with van der Waals surface area (Å²) in [6, 6.07) is 10.8. The molecule has 0 saturated heterocycles. The second-order valence-corrected chi connectivity index (χ2v) is 10.5. The number of amides is 1.